The topological polar surface area (TPSA) is 59.8 Å². The van der Waals surface area contributed by atoms with Crippen LogP contribution in [-0.4, -0.2) is 26.4 Å². The van der Waals surface area contributed by atoms with Crippen molar-refractivity contribution in [1.82, 2.24) is 14.8 Å². The second-order valence-electron chi connectivity index (χ2n) is 6.71. The maximum atomic E-state index is 12.2. The minimum absolute atomic E-state index is 0.0190. The Morgan fingerprint density at radius 1 is 1.29 bits per heavy atom. The van der Waals surface area contributed by atoms with Gasteiger partial charge in [-0.05, 0) is 63.8 Å². The Hall–Kier alpha value is -1.82. The summed E-state index contributed by atoms with van der Waals surface area (Å²) < 4.78 is 2.17. The minimum atomic E-state index is -0.0190. The monoisotopic (exact) mass is 344 g/mol. The number of hydrogen-bond donors (Lipinski definition) is 1. The fourth-order valence-corrected chi connectivity index (χ4v) is 3.51. The predicted molar refractivity (Wildman–Crippen MR) is 97.7 cm³/mol. The Morgan fingerprint density at radius 2 is 2.04 bits per heavy atom. The number of amides is 1. The molecule has 1 aliphatic rings. The maximum Gasteiger partial charge on any atom is 0.234 e. The molecule has 0 unspecified atom stereocenters. The molecule has 1 aliphatic carbocycles. The minimum Gasteiger partial charge on any atom is -0.325 e. The number of benzene rings is 1. The number of aromatic nitrogens is 3. The van der Waals surface area contributed by atoms with Gasteiger partial charge < -0.3 is 9.88 Å². The Kier molecular flexibility index (Phi) is 4.94. The highest BCUT2D eigenvalue weighted by Crippen LogP contribution is 2.41. The van der Waals surface area contributed by atoms with Gasteiger partial charge in [0.15, 0.2) is 5.16 Å². The van der Waals surface area contributed by atoms with E-state index in [1.54, 1.807) is 0 Å². The van der Waals surface area contributed by atoms with Crippen LogP contribution in [0.5, 0.6) is 0 Å². The summed E-state index contributed by atoms with van der Waals surface area (Å²) in [6.45, 7) is 8.38. The van der Waals surface area contributed by atoms with Crippen molar-refractivity contribution in [2.75, 3.05) is 11.1 Å². The highest BCUT2D eigenvalue weighted by molar-refractivity contribution is 7.99. The molecule has 3 rings (SSSR count). The summed E-state index contributed by atoms with van der Waals surface area (Å²) in [4.78, 5) is 12.2. The van der Waals surface area contributed by atoms with Crippen LogP contribution in [0, 0.1) is 13.8 Å². The Bertz CT molecular complexity index is 749. The van der Waals surface area contributed by atoms with E-state index in [1.165, 1.54) is 35.7 Å². The van der Waals surface area contributed by atoms with E-state index in [2.05, 4.69) is 40.9 Å². The first-order chi connectivity index (χ1) is 11.5. The molecule has 128 valence electrons. The van der Waals surface area contributed by atoms with Crippen molar-refractivity contribution in [3.8, 4) is 0 Å². The SMILES string of the molecule is Cc1ccc(NC(=O)CSc2nnc(C3CC3)n2C(C)C)cc1C. The van der Waals surface area contributed by atoms with Gasteiger partial charge in [0.05, 0.1) is 5.75 Å². The van der Waals surface area contributed by atoms with Crippen LogP contribution in [0.15, 0.2) is 23.4 Å². The van der Waals surface area contributed by atoms with Gasteiger partial charge in [0.25, 0.3) is 0 Å². The van der Waals surface area contributed by atoms with Crippen LogP contribution in [-0.2, 0) is 4.79 Å². The summed E-state index contributed by atoms with van der Waals surface area (Å²) in [7, 11) is 0. The van der Waals surface area contributed by atoms with Gasteiger partial charge in [0.2, 0.25) is 5.91 Å². The standard InChI is InChI=1S/C18H24N4OS/c1-11(2)22-17(14-6-7-14)20-21-18(22)24-10-16(23)19-15-8-5-12(3)13(4)9-15/h5,8-9,11,14H,6-7,10H2,1-4H3,(H,19,23). The Morgan fingerprint density at radius 3 is 2.67 bits per heavy atom. The summed E-state index contributed by atoms with van der Waals surface area (Å²) in [5.41, 5.74) is 3.24. The molecule has 0 spiro atoms. The molecule has 1 heterocycles. The van der Waals surface area contributed by atoms with Crippen LogP contribution in [0.2, 0.25) is 0 Å². The third-order valence-electron chi connectivity index (χ3n) is 4.27. The number of thioether (sulfide) groups is 1. The van der Waals surface area contributed by atoms with Gasteiger partial charge in [-0.15, -0.1) is 10.2 Å². The lowest BCUT2D eigenvalue weighted by molar-refractivity contribution is -0.113. The molecule has 0 radical (unpaired) electrons. The number of carbonyl (C=O) groups is 1. The number of aryl methyl sites for hydroxylation is 2. The average molecular weight is 344 g/mol. The van der Waals surface area contributed by atoms with Crippen molar-refractivity contribution in [1.29, 1.82) is 0 Å². The summed E-state index contributed by atoms with van der Waals surface area (Å²) >= 11 is 1.45. The zero-order valence-electron chi connectivity index (χ0n) is 14.7. The van der Waals surface area contributed by atoms with E-state index in [0.29, 0.717) is 17.7 Å². The van der Waals surface area contributed by atoms with Crippen LogP contribution in [0.25, 0.3) is 0 Å². The quantitative estimate of drug-likeness (QED) is 0.802. The summed E-state index contributed by atoms with van der Waals surface area (Å²) in [5.74, 6) is 1.94. The van der Waals surface area contributed by atoms with Crippen LogP contribution in [0.1, 0.15) is 55.6 Å². The van der Waals surface area contributed by atoms with Gasteiger partial charge in [0.1, 0.15) is 5.82 Å². The molecule has 0 saturated heterocycles. The number of carbonyl (C=O) groups excluding carboxylic acids is 1. The lowest BCUT2D eigenvalue weighted by atomic mass is 10.1. The van der Waals surface area contributed by atoms with Crippen LogP contribution in [0.3, 0.4) is 0 Å². The van der Waals surface area contributed by atoms with E-state index in [1.807, 2.05) is 25.1 Å². The van der Waals surface area contributed by atoms with Crippen molar-refractivity contribution in [3.63, 3.8) is 0 Å². The zero-order valence-corrected chi connectivity index (χ0v) is 15.5. The van der Waals surface area contributed by atoms with E-state index < -0.39 is 0 Å². The van der Waals surface area contributed by atoms with E-state index in [9.17, 15) is 4.79 Å². The van der Waals surface area contributed by atoms with E-state index in [0.717, 1.165) is 16.7 Å². The van der Waals surface area contributed by atoms with Gasteiger partial charge >= 0.3 is 0 Å². The molecular formula is C18H24N4OS. The van der Waals surface area contributed by atoms with E-state index in [4.69, 9.17) is 0 Å². The Labute approximate surface area is 147 Å². The second kappa shape index (κ2) is 6.97. The smallest absolute Gasteiger partial charge is 0.234 e. The van der Waals surface area contributed by atoms with Crippen molar-refractivity contribution in [2.24, 2.45) is 0 Å². The summed E-state index contributed by atoms with van der Waals surface area (Å²) in [6, 6.07) is 6.27. The average Bonchev–Trinajstić information content (AvgIpc) is 3.28. The number of hydrogen-bond acceptors (Lipinski definition) is 4. The fourth-order valence-electron chi connectivity index (χ4n) is 2.64. The molecule has 1 fully saturated rings. The van der Waals surface area contributed by atoms with Crippen molar-refractivity contribution in [3.05, 3.63) is 35.2 Å². The molecule has 1 aromatic carbocycles. The normalized spacial score (nSPS) is 14.2. The molecule has 0 atom stereocenters. The van der Waals surface area contributed by atoms with Gasteiger partial charge in [-0.1, -0.05) is 17.8 Å². The van der Waals surface area contributed by atoms with Crippen molar-refractivity contribution >= 4 is 23.4 Å². The molecule has 24 heavy (non-hydrogen) atoms. The molecule has 5 nitrogen and oxygen atoms in total. The number of nitrogens with zero attached hydrogens (tertiary/aromatic N) is 3. The fraction of sp³-hybridized carbons (Fsp3) is 0.500. The van der Waals surface area contributed by atoms with Gasteiger partial charge in [0, 0.05) is 17.6 Å². The largest absolute Gasteiger partial charge is 0.325 e. The molecule has 0 bridgehead atoms. The summed E-state index contributed by atoms with van der Waals surface area (Å²) in [5, 5.41) is 12.4. The second-order valence-corrected chi connectivity index (χ2v) is 7.66. The molecule has 6 heteroatoms. The first-order valence-electron chi connectivity index (χ1n) is 8.40. The van der Waals surface area contributed by atoms with Crippen LogP contribution >= 0.6 is 11.8 Å². The van der Waals surface area contributed by atoms with Crippen LogP contribution < -0.4 is 5.32 Å². The molecule has 1 saturated carbocycles. The molecule has 2 aromatic rings. The first kappa shape index (κ1) is 17.0. The van der Waals surface area contributed by atoms with Gasteiger partial charge in [-0.2, -0.15) is 0 Å². The van der Waals surface area contributed by atoms with Crippen LogP contribution in [0.4, 0.5) is 5.69 Å². The highest BCUT2D eigenvalue weighted by Gasteiger charge is 2.31. The number of anilines is 1. The Balaban J connectivity index is 1.63. The van der Waals surface area contributed by atoms with Crippen molar-refractivity contribution < 1.29 is 4.79 Å². The van der Waals surface area contributed by atoms with Crippen molar-refractivity contribution in [2.45, 2.75) is 57.7 Å². The molecule has 0 aliphatic heterocycles. The number of rotatable bonds is 6. The summed E-state index contributed by atoms with van der Waals surface area (Å²) in [6.07, 6.45) is 2.39. The third kappa shape index (κ3) is 3.80. The van der Waals surface area contributed by atoms with E-state index >= 15 is 0 Å². The first-order valence-corrected chi connectivity index (χ1v) is 9.39. The molecular weight excluding hydrogens is 320 g/mol. The zero-order chi connectivity index (χ0) is 17.3. The number of nitrogens with one attached hydrogen (secondary N) is 1. The maximum absolute atomic E-state index is 12.2. The molecule has 1 amide bonds. The third-order valence-corrected chi connectivity index (χ3v) is 5.22. The van der Waals surface area contributed by atoms with Gasteiger partial charge in [-0.25, -0.2) is 0 Å². The molecule has 1 N–H and O–H groups in total. The van der Waals surface area contributed by atoms with Gasteiger partial charge in [-0.3, -0.25) is 4.79 Å². The highest BCUT2D eigenvalue weighted by atomic mass is 32.2. The lowest BCUT2D eigenvalue weighted by Crippen LogP contribution is -2.15. The molecule has 1 aromatic heterocycles. The van der Waals surface area contributed by atoms with E-state index in [-0.39, 0.29) is 5.91 Å². The lowest BCUT2D eigenvalue weighted by Gasteiger charge is -2.13. The predicted octanol–water partition coefficient (Wildman–Crippen LogP) is 4.08.